The van der Waals surface area contributed by atoms with Crippen molar-refractivity contribution >= 4 is 34.7 Å². The Labute approximate surface area is 116 Å². The minimum atomic E-state index is -0.0932. The van der Waals surface area contributed by atoms with E-state index in [-0.39, 0.29) is 18.5 Å². The monoisotopic (exact) mass is 278 g/mol. The predicted octanol–water partition coefficient (Wildman–Crippen LogP) is 2.63. The summed E-state index contributed by atoms with van der Waals surface area (Å²) in [5.74, 6) is -0.0932. The normalized spacial score (nSPS) is 10.9. The van der Waals surface area contributed by atoms with Gasteiger partial charge in [-0.05, 0) is 26.0 Å². The predicted molar refractivity (Wildman–Crippen MR) is 75.6 cm³/mol. The molecule has 5 heteroatoms. The second-order valence-electron chi connectivity index (χ2n) is 4.71. The van der Waals surface area contributed by atoms with E-state index in [1.54, 1.807) is 29.0 Å². The molecule has 1 heterocycles. The molecular weight excluding hydrogens is 264 g/mol. The third-order valence-corrected chi connectivity index (χ3v) is 3.00. The number of halogens is 1. The molecule has 0 spiro atoms. The molecule has 1 amide bonds. The summed E-state index contributed by atoms with van der Waals surface area (Å²) in [5.41, 5.74) is 1.34. The molecule has 2 rings (SSSR count). The first kappa shape index (κ1) is 13.6. The molecule has 0 radical (unpaired) electrons. The van der Waals surface area contributed by atoms with Crippen molar-refractivity contribution in [2.24, 2.45) is 0 Å². The Balaban J connectivity index is 2.40. The molecule has 1 aromatic carbocycles. The lowest BCUT2D eigenvalue weighted by molar-refractivity contribution is -0.122. The quantitative estimate of drug-likeness (QED) is 0.874. The molecule has 0 unspecified atom stereocenters. The number of nitrogens with one attached hydrogen (secondary N) is 1. The first-order valence-corrected chi connectivity index (χ1v) is 6.42. The lowest BCUT2D eigenvalue weighted by atomic mass is 10.2. The minimum absolute atomic E-state index is 0.0865. The van der Waals surface area contributed by atoms with Gasteiger partial charge in [0.25, 0.3) is 0 Å². The van der Waals surface area contributed by atoms with E-state index < -0.39 is 0 Å². The number of carbonyl (C=O) groups is 2. The lowest BCUT2D eigenvalue weighted by Crippen LogP contribution is -2.32. The highest BCUT2D eigenvalue weighted by atomic mass is 35.5. The number of aldehydes is 1. The summed E-state index contributed by atoms with van der Waals surface area (Å²) >= 11 is 5.96. The maximum absolute atomic E-state index is 11.8. The van der Waals surface area contributed by atoms with Crippen LogP contribution in [0.3, 0.4) is 0 Å². The van der Waals surface area contributed by atoms with E-state index in [4.69, 9.17) is 11.6 Å². The number of rotatable bonds is 4. The van der Waals surface area contributed by atoms with Crippen LogP contribution in [0.4, 0.5) is 0 Å². The Hall–Kier alpha value is -1.81. The molecular formula is C14H15ClN2O2. The Morgan fingerprint density at radius 1 is 1.47 bits per heavy atom. The Morgan fingerprint density at radius 2 is 2.21 bits per heavy atom. The van der Waals surface area contributed by atoms with E-state index in [1.807, 2.05) is 13.8 Å². The SMILES string of the molecule is CC(C)NC(=O)Cn1cc(C=O)c2ccc(Cl)cc21. The van der Waals surface area contributed by atoms with Gasteiger partial charge >= 0.3 is 0 Å². The molecule has 0 bridgehead atoms. The van der Waals surface area contributed by atoms with Crippen molar-refractivity contribution in [3.05, 3.63) is 35.0 Å². The van der Waals surface area contributed by atoms with Crippen LogP contribution in [0.15, 0.2) is 24.4 Å². The zero-order valence-corrected chi connectivity index (χ0v) is 11.6. The van der Waals surface area contributed by atoms with Crippen LogP contribution in [-0.4, -0.2) is 22.8 Å². The maximum Gasteiger partial charge on any atom is 0.240 e. The van der Waals surface area contributed by atoms with Gasteiger partial charge in [0.1, 0.15) is 6.54 Å². The Morgan fingerprint density at radius 3 is 2.84 bits per heavy atom. The third-order valence-electron chi connectivity index (χ3n) is 2.77. The number of benzene rings is 1. The van der Waals surface area contributed by atoms with Crippen LogP contribution in [0.25, 0.3) is 10.9 Å². The molecule has 0 fully saturated rings. The zero-order valence-electron chi connectivity index (χ0n) is 10.8. The highest BCUT2D eigenvalue weighted by Crippen LogP contribution is 2.23. The number of hydrogen-bond acceptors (Lipinski definition) is 2. The largest absolute Gasteiger partial charge is 0.352 e. The molecule has 1 N–H and O–H groups in total. The van der Waals surface area contributed by atoms with E-state index in [0.717, 1.165) is 17.2 Å². The summed E-state index contributed by atoms with van der Waals surface area (Å²) in [6.07, 6.45) is 2.46. The summed E-state index contributed by atoms with van der Waals surface area (Å²) in [6.45, 7) is 3.97. The van der Waals surface area contributed by atoms with Gasteiger partial charge in [-0.1, -0.05) is 17.7 Å². The first-order chi connectivity index (χ1) is 9.01. The van der Waals surface area contributed by atoms with Gasteiger partial charge in [-0.25, -0.2) is 0 Å². The fraction of sp³-hybridized carbons (Fsp3) is 0.286. The summed E-state index contributed by atoms with van der Waals surface area (Å²) in [4.78, 5) is 22.8. The van der Waals surface area contributed by atoms with Crippen LogP contribution in [0.5, 0.6) is 0 Å². The summed E-state index contributed by atoms with van der Waals surface area (Å²) in [5, 5.41) is 4.20. The number of amides is 1. The molecule has 0 aliphatic carbocycles. The van der Waals surface area contributed by atoms with E-state index in [2.05, 4.69) is 5.32 Å². The number of aromatic nitrogens is 1. The molecule has 0 atom stereocenters. The minimum Gasteiger partial charge on any atom is -0.352 e. The molecule has 0 saturated heterocycles. The second kappa shape index (κ2) is 5.45. The molecule has 0 aliphatic rings. The van der Waals surface area contributed by atoms with Crippen molar-refractivity contribution in [1.82, 2.24) is 9.88 Å². The number of fused-ring (bicyclic) bond motifs is 1. The Kier molecular flexibility index (Phi) is 3.90. The topological polar surface area (TPSA) is 51.1 Å². The van der Waals surface area contributed by atoms with Crippen LogP contribution in [0, 0.1) is 0 Å². The number of hydrogen-bond donors (Lipinski definition) is 1. The number of nitrogens with zero attached hydrogens (tertiary/aromatic N) is 1. The van der Waals surface area contributed by atoms with E-state index in [0.29, 0.717) is 10.6 Å². The second-order valence-corrected chi connectivity index (χ2v) is 5.15. The lowest BCUT2D eigenvalue weighted by Gasteiger charge is -2.09. The average Bonchev–Trinajstić information content (AvgIpc) is 2.65. The van der Waals surface area contributed by atoms with Crippen molar-refractivity contribution < 1.29 is 9.59 Å². The smallest absolute Gasteiger partial charge is 0.240 e. The zero-order chi connectivity index (χ0) is 14.0. The molecule has 19 heavy (non-hydrogen) atoms. The van der Waals surface area contributed by atoms with Gasteiger partial charge in [0.05, 0.1) is 5.52 Å². The van der Waals surface area contributed by atoms with Crippen LogP contribution in [0.1, 0.15) is 24.2 Å². The van der Waals surface area contributed by atoms with Gasteiger partial charge in [-0.3, -0.25) is 9.59 Å². The molecule has 4 nitrogen and oxygen atoms in total. The summed E-state index contributed by atoms with van der Waals surface area (Å²) < 4.78 is 1.74. The highest BCUT2D eigenvalue weighted by molar-refractivity contribution is 6.31. The molecule has 0 aliphatic heterocycles. The molecule has 100 valence electrons. The van der Waals surface area contributed by atoms with Crippen LogP contribution in [0.2, 0.25) is 5.02 Å². The van der Waals surface area contributed by atoms with E-state index in [1.165, 1.54) is 0 Å². The van der Waals surface area contributed by atoms with Gasteiger partial charge in [0.2, 0.25) is 5.91 Å². The maximum atomic E-state index is 11.8. The summed E-state index contributed by atoms with van der Waals surface area (Å²) in [7, 11) is 0. The van der Waals surface area contributed by atoms with Crippen LogP contribution >= 0.6 is 11.6 Å². The van der Waals surface area contributed by atoms with Crippen molar-refractivity contribution in [3.8, 4) is 0 Å². The third kappa shape index (κ3) is 2.96. The standard InChI is InChI=1S/C14H15ClN2O2/c1-9(2)16-14(19)7-17-6-10(8-18)12-4-3-11(15)5-13(12)17/h3-6,8-9H,7H2,1-2H3,(H,16,19). The van der Waals surface area contributed by atoms with Crippen molar-refractivity contribution in [2.75, 3.05) is 0 Å². The number of carbonyl (C=O) groups excluding carboxylic acids is 2. The van der Waals surface area contributed by atoms with Gasteiger partial charge in [-0.2, -0.15) is 0 Å². The van der Waals surface area contributed by atoms with Crippen molar-refractivity contribution in [1.29, 1.82) is 0 Å². The van der Waals surface area contributed by atoms with Crippen molar-refractivity contribution in [3.63, 3.8) is 0 Å². The Bertz CT molecular complexity index is 632. The molecule has 2 aromatic rings. The van der Waals surface area contributed by atoms with Crippen LogP contribution < -0.4 is 5.32 Å². The molecule has 0 saturated carbocycles. The van der Waals surface area contributed by atoms with Gasteiger partial charge in [0, 0.05) is 28.2 Å². The van der Waals surface area contributed by atoms with E-state index >= 15 is 0 Å². The van der Waals surface area contributed by atoms with Crippen LogP contribution in [-0.2, 0) is 11.3 Å². The first-order valence-electron chi connectivity index (χ1n) is 6.04. The fourth-order valence-electron chi connectivity index (χ4n) is 2.04. The fourth-order valence-corrected chi connectivity index (χ4v) is 2.21. The van der Waals surface area contributed by atoms with Gasteiger partial charge in [-0.15, -0.1) is 0 Å². The summed E-state index contributed by atoms with van der Waals surface area (Å²) in [6, 6.07) is 5.36. The van der Waals surface area contributed by atoms with Gasteiger partial charge in [0.15, 0.2) is 6.29 Å². The molecule has 1 aromatic heterocycles. The highest BCUT2D eigenvalue weighted by Gasteiger charge is 2.11. The van der Waals surface area contributed by atoms with E-state index in [9.17, 15) is 9.59 Å². The van der Waals surface area contributed by atoms with Crippen molar-refractivity contribution in [2.45, 2.75) is 26.4 Å². The van der Waals surface area contributed by atoms with Gasteiger partial charge < -0.3 is 9.88 Å². The average molecular weight is 279 g/mol.